The molecule has 7 heteroatoms. The Bertz CT molecular complexity index is 666. The maximum absolute atomic E-state index is 13.6. The molecule has 1 saturated carbocycles. The predicted molar refractivity (Wildman–Crippen MR) is 79.6 cm³/mol. The van der Waals surface area contributed by atoms with Crippen LogP contribution in [0.4, 0.5) is 8.78 Å². The Morgan fingerprint density at radius 1 is 1.38 bits per heavy atom. The molecule has 21 heavy (non-hydrogen) atoms. The van der Waals surface area contributed by atoms with Crippen LogP contribution in [0.15, 0.2) is 35.1 Å². The summed E-state index contributed by atoms with van der Waals surface area (Å²) in [4.78, 5) is 0. The highest BCUT2D eigenvalue weighted by Gasteiger charge is 2.61. The summed E-state index contributed by atoms with van der Waals surface area (Å²) >= 11 is 9.94. The number of nitrogens with zero attached hydrogens (tertiary/aromatic N) is 3. The lowest BCUT2D eigenvalue weighted by Crippen LogP contribution is -2.52. The monoisotopic (exact) mass is 375 g/mol. The molecule has 1 atom stereocenters. The average molecular weight is 377 g/mol. The van der Waals surface area contributed by atoms with Crippen molar-refractivity contribution in [2.45, 2.75) is 29.6 Å². The number of aryl methyl sites for hydroxylation is 1. The van der Waals surface area contributed by atoms with Gasteiger partial charge >= 0.3 is 0 Å². The highest BCUT2D eigenvalue weighted by Crippen LogP contribution is 2.61. The van der Waals surface area contributed by atoms with E-state index in [9.17, 15) is 8.78 Å². The van der Waals surface area contributed by atoms with Crippen LogP contribution in [-0.2, 0) is 12.5 Å². The molecule has 112 valence electrons. The Morgan fingerprint density at radius 3 is 2.62 bits per heavy atom. The summed E-state index contributed by atoms with van der Waals surface area (Å²) in [5.41, 5.74) is -0.0267. The lowest BCUT2D eigenvalue weighted by molar-refractivity contribution is -0.129. The normalized spacial score (nSPS) is 20.8. The fourth-order valence-corrected chi connectivity index (χ4v) is 3.84. The van der Waals surface area contributed by atoms with Crippen molar-refractivity contribution in [1.82, 2.24) is 14.8 Å². The summed E-state index contributed by atoms with van der Waals surface area (Å²) in [7, 11) is 1.76. The second-order valence-electron chi connectivity index (χ2n) is 5.54. The van der Waals surface area contributed by atoms with Crippen molar-refractivity contribution in [3.63, 3.8) is 0 Å². The van der Waals surface area contributed by atoms with Gasteiger partial charge in [-0.2, -0.15) is 0 Å². The van der Waals surface area contributed by atoms with Crippen molar-refractivity contribution >= 4 is 27.5 Å². The number of hydrogen-bond donors (Lipinski definition) is 0. The molecule has 0 amide bonds. The molecule has 1 aliphatic rings. The molecule has 0 spiro atoms. The van der Waals surface area contributed by atoms with Gasteiger partial charge in [0.15, 0.2) is 5.82 Å². The maximum Gasteiger partial charge on any atom is 0.250 e. The molecular formula is C14H13BrClF2N3. The van der Waals surface area contributed by atoms with E-state index in [2.05, 4.69) is 26.1 Å². The van der Waals surface area contributed by atoms with E-state index >= 15 is 0 Å². The minimum absolute atomic E-state index is 0.280. The van der Waals surface area contributed by atoms with Crippen LogP contribution in [0, 0.1) is 0 Å². The molecule has 1 unspecified atom stereocenters. The molecule has 3 nitrogen and oxygen atoms in total. The van der Waals surface area contributed by atoms with Gasteiger partial charge in [-0.15, -0.1) is 21.8 Å². The smallest absolute Gasteiger partial charge is 0.250 e. The number of hydrogen-bond acceptors (Lipinski definition) is 2. The van der Waals surface area contributed by atoms with Crippen LogP contribution in [0.5, 0.6) is 0 Å². The highest BCUT2D eigenvalue weighted by atomic mass is 79.9. The van der Waals surface area contributed by atoms with Crippen molar-refractivity contribution in [2.24, 2.45) is 7.05 Å². The maximum atomic E-state index is 13.6. The van der Waals surface area contributed by atoms with Crippen LogP contribution in [0.3, 0.4) is 0 Å². The van der Waals surface area contributed by atoms with Crippen molar-refractivity contribution in [3.05, 3.63) is 46.5 Å². The fourth-order valence-electron chi connectivity index (χ4n) is 2.97. The van der Waals surface area contributed by atoms with Crippen molar-refractivity contribution < 1.29 is 8.78 Å². The summed E-state index contributed by atoms with van der Waals surface area (Å²) in [6, 6.07) is 7.38. The number of aromatic nitrogens is 3. The van der Waals surface area contributed by atoms with E-state index in [0.717, 1.165) is 10.0 Å². The Balaban J connectivity index is 2.05. The Labute approximate surface area is 134 Å². The van der Waals surface area contributed by atoms with Crippen LogP contribution >= 0.6 is 27.5 Å². The molecule has 1 heterocycles. The van der Waals surface area contributed by atoms with Crippen molar-refractivity contribution in [1.29, 1.82) is 0 Å². The fraction of sp³-hybridized carbons (Fsp3) is 0.429. The third kappa shape index (κ3) is 2.48. The average Bonchev–Trinajstić information content (AvgIpc) is 2.80. The standard InChI is InChI=1S/C14H13BrClF2N3/c1-21-8-19-20-12(21)11(16)13(6-14(17,18)7-13)9-3-2-4-10(15)5-9/h2-5,8,11H,6-7H2,1H3. The molecule has 0 saturated heterocycles. The van der Waals surface area contributed by atoms with Gasteiger partial charge in [-0.1, -0.05) is 28.1 Å². The van der Waals surface area contributed by atoms with Crippen LogP contribution in [0.1, 0.15) is 29.6 Å². The number of halogens is 4. The number of benzene rings is 1. The van der Waals surface area contributed by atoms with E-state index in [1.807, 2.05) is 24.3 Å². The number of alkyl halides is 3. The summed E-state index contributed by atoms with van der Waals surface area (Å²) in [6.07, 6.45) is 0.963. The quantitative estimate of drug-likeness (QED) is 0.751. The number of rotatable bonds is 3. The van der Waals surface area contributed by atoms with E-state index < -0.39 is 16.7 Å². The highest BCUT2D eigenvalue weighted by molar-refractivity contribution is 9.10. The third-order valence-electron chi connectivity index (χ3n) is 4.01. The van der Waals surface area contributed by atoms with Crippen molar-refractivity contribution in [3.8, 4) is 0 Å². The van der Waals surface area contributed by atoms with Gasteiger partial charge in [-0.3, -0.25) is 0 Å². The van der Waals surface area contributed by atoms with Gasteiger partial charge in [-0.25, -0.2) is 8.78 Å². The molecule has 1 fully saturated rings. The molecule has 1 aromatic carbocycles. The first-order valence-corrected chi connectivity index (χ1v) is 7.69. The zero-order valence-electron chi connectivity index (χ0n) is 11.2. The largest absolute Gasteiger partial charge is 0.319 e. The van der Waals surface area contributed by atoms with Gasteiger partial charge in [0.25, 0.3) is 0 Å². The summed E-state index contributed by atoms with van der Waals surface area (Å²) in [5, 5.41) is 7.12. The van der Waals surface area contributed by atoms with Gasteiger partial charge in [0.1, 0.15) is 11.7 Å². The van der Waals surface area contributed by atoms with E-state index in [-0.39, 0.29) is 12.8 Å². The minimum Gasteiger partial charge on any atom is -0.319 e. The molecule has 0 radical (unpaired) electrons. The third-order valence-corrected chi connectivity index (χ3v) is 5.11. The van der Waals surface area contributed by atoms with Gasteiger partial charge in [0.05, 0.1) is 0 Å². The van der Waals surface area contributed by atoms with E-state index in [1.54, 1.807) is 11.6 Å². The second kappa shape index (κ2) is 5.02. The van der Waals surface area contributed by atoms with E-state index in [4.69, 9.17) is 11.6 Å². The summed E-state index contributed by atoms with van der Waals surface area (Å²) < 4.78 is 29.7. The van der Waals surface area contributed by atoms with Crippen molar-refractivity contribution in [2.75, 3.05) is 0 Å². The van der Waals surface area contributed by atoms with Gasteiger partial charge < -0.3 is 4.57 Å². The lowest BCUT2D eigenvalue weighted by Gasteiger charge is -2.50. The molecule has 1 aromatic heterocycles. The van der Waals surface area contributed by atoms with Crippen LogP contribution in [0.2, 0.25) is 0 Å². The second-order valence-corrected chi connectivity index (χ2v) is 6.89. The molecular weight excluding hydrogens is 364 g/mol. The minimum atomic E-state index is -2.69. The first-order valence-electron chi connectivity index (χ1n) is 6.46. The topological polar surface area (TPSA) is 30.7 Å². The first kappa shape index (κ1) is 14.9. The SMILES string of the molecule is Cn1cnnc1C(Cl)C1(c2cccc(Br)c2)CC(F)(F)C1. The molecule has 0 N–H and O–H groups in total. The molecule has 1 aliphatic carbocycles. The van der Waals surface area contributed by atoms with Crippen LogP contribution in [0.25, 0.3) is 0 Å². The summed E-state index contributed by atoms with van der Waals surface area (Å²) in [5.74, 6) is -2.18. The molecule has 0 bridgehead atoms. The van der Waals surface area contributed by atoms with Gasteiger partial charge in [0.2, 0.25) is 5.92 Å². The Morgan fingerprint density at radius 2 is 2.10 bits per heavy atom. The Kier molecular flexibility index (Phi) is 3.56. The predicted octanol–water partition coefficient (Wildman–Crippen LogP) is 4.22. The van der Waals surface area contributed by atoms with Gasteiger partial charge in [0, 0.05) is 29.8 Å². The van der Waals surface area contributed by atoms with E-state index in [0.29, 0.717) is 5.82 Å². The molecule has 2 aromatic rings. The molecule has 3 rings (SSSR count). The lowest BCUT2D eigenvalue weighted by atomic mass is 9.60. The zero-order valence-corrected chi connectivity index (χ0v) is 13.6. The Hall–Kier alpha value is -1.01. The van der Waals surface area contributed by atoms with Crippen LogP contribution < -0.4 is 0 Å². The summed E-state index contributed by atoms with van der Waals surface area (Å²) in [6.45, 7) is 0. The van der Waals surface area contributed by atoms with Gasteiger partial charge in [-0.05, 0) is 17.7 Å². The zero-order chi connectivity index (χ0) is 15.3. The molecule has 0 aliphatic heterocycles. The van der Waals surface area contributed by atoms with Crippen LogP contribution in [-0.4, -0.2) is 20.7 Å². The van der Waals surface area contributed by atoms with E-state index in [1.165, 1.54) is 6.33 Å². The first-order chi connectivity index (χ1) is 9.84.